The summed E-state index contributed by atoms with van der Waals surface area (Å²) < 4.78 is 2.36. The normalized spacial score (nSPS) is 26.2. The van der Waals surface area contributed by atoms with E-state index in [0.29, 0.717) is 48.3 Å². The Morgan fingerprint density at radius 1 is 1.13 bits per heavy atom. The summed E-state index contributed by atoms with van der Waals surface area (Å²) in [4.78, 5) is 89.5. The number of quaternary nitrogens is 1. The Labute approximate surface area is 360 Å². The van der Waals surface area contributed by atoms with Gasteiger partial charge in [-0.1, -0.05) is 16.8 Å². The van der Waals surface area contributed by atoms with Crippen molar-refractivity contribution >= 4 is 86.1 Å². The number of aliphatic carboxylic acids is 2. The molecule has 3 amide bonds. The van der Waals surface area contributed by atoms with Crippen molar-refractivity contribution in [3.63, 3.8) is 0 Å². The van der Waals surface area contributed by atoms with Crippen LogP contribution in [0.1, 0.15) is 75.0 Å². The van der Waals surface area contributed by atoms with Gasteiger partial charge in [-0.05, 0) is 33.6 Å². The maximum absolute atomic E-state index is 13.7. The van der Waals surface area contributed by atoms with Crippen LogP contribution in [0, 0.1) is 5.41 Å². The van der Waals surface area contributed by atoms with Gasteiger partial charge in [0.2, 0.25) is 11.0 Å². The lowest BCUT2D eigenvalue weighted by molar-refractivity contribution is -0.941. The lowest BCUT2D eigenvalue weighted by Gasteiger charge is -2.56. The van der Waals surface area contributed by atoms with Gasteiger partial charge in [0.1, 0.15) is 34.9 Å². The molecule has 5 fully saturated rings. The zero-order valence-electron chi connectivity index (χ0n) is 33.3. The average molecular weight is 900 g/mol. The number of β-lactam (4-membered cyclic amide) rings is 1. The van der Waals surface area contributed by atoms with E-state index in [1.54, 1.807) is 4.57 Å². The number of nitrogens with two attached hydrogens (primary N) is 1. The van der Waals surface area contributed by atoms with Crippen LogP contribution in [0.2, 0.25) is 5.02 Å². The number of rotatable bonds is 13. The Hall–Kier alpha value is -5.38. The number of anilines is 1. The Bertz CT molecular complexity index is 2530. The number of carboxylic acids is 2. The number of hydrogen-bond donors (Lipinski definition) is 7. The molecule has 0 spiro atoms. The van der Waals surface area contributed by atoms with Crippen molar-refractivity contribution in [2.24, 2.45) is 10.6 Å². The molecule has 1 aliphatic carbocycles. The fraction of sp³-hybridized carbons (Fsp3) is 0.487. The highest BCUT2D eigenvalue weighted by atomic mass is 35.5. The molecule has 2 aromatic heterocycles. The van der Waals surface area contributed by atoms with Crippen LogP contribution in [0.25, 0.3) is 10.9 Å². The van der Waals surface area contributed by atoms with E-state index < -0.39 is 69.3 Å². The van der Waals surface area contributed by atoms with Crippen molar-refractivity contribution in [2.45, 2.75) is 81.2 Å². The second-order valence-electron chi connectivity index (χ2n) is 17.0. The van der Waals surface area contributed by atoms with Crippen LogP contribution in [-0.4, -0.2) is 130 Å². The number of aromatic nitrogens is 2. The van der Waals surface area contributed by atoms with Crippen molar-refractivity contribution in [1.29, 1.82) is 0 Å². The first-order valence-electron chi connectivity index (χ1n) is 19.6. The summed E-state index contributed by atoms with van der Waals surface area (Å²) in [5.41, 5.74) is 3.41. The van der Waals surface area contributed by atoms with E-state index in [0.717, 1.165) is 43.4 Å². The predicted molar refractivity (Wildman–Crippen MR) is 223 cm³/mol. The van der Waals surface area contributed by atoms with Crippen molar-refractivity contribution < 1.29 is 53.7 Å². The van der Waals surface area contributed by atoms with Crippen LogP contribution in [0.3, 0.4) is 0 Å². The fourth-order valence-corrected chi connectivity index (χ4v) is 10.9. The number of oxime groups is 1. The summed E-state index contributed by atoms with van der Waals surface area (Å²) in [5, 5.41) is 50.0. The summed E-state index contributed by atoms with van der Waals surface area (Å²) in [6, 6.07) is 0.186. The smallest absolute Gasteiger partial charge is 0.352 e. The number of carbonyl (C=O) groups excluding carboxylic acids is 3. The van der Waals surface area contributed by atoms with E-state index in [4.69, 9.17) is 22.2 Å². The zero-order chi connectivity index (χ0) is 43.9. The summed E-state index contributed by atoms with van der Waals surface area (Å²) in [7, 11) is 0. The van der Waals surface area contributed by atoms with E-state index in [-0.39, 0.29) is 49.2 Å². The number of pyridine rings is 1. The minimum Gasteiger partial charge on any atom is -0.504 e. The first-order chi connectivity index (χ1) is 28.7. The molecule has 6 aliphatic rings. The van der Waals surface area contributed by atoms with E-state index in [2.05, 4.69) is 20.8 Å². The number of piperidine rings is 3. The van der Waals surface area contributed by atoms with E-state index in [9.17, 15) is 49.2 Å². The van der Waals surface area contributed by atoms with Crippen LogP contribution < -0.4 is 21.8 Å². The van der Waals surface area contributed by atoms with Gasteiger partial charge in [-0.25, -0.2) is 14.6 Å². The molecule has 3 aromatic rings. The number of nitrogens with one attached hydrogen (secondary N) is 2. The maximum atomic E-state index is 13.7. The van der Waals surface area contributed by atoms with Crippen LogP contribution in [0.15, 0.2) is 38.9 Å². The number of nitrogens with zero attached hydrogens (tertiary/aromatic N) is 5. The molecule has 1 aromatic carbocycles. The number of nitrogen functional groups attached to an aromatic ring is 1. The highest BCUT2D eigenvalue weighted by molar-refractivity contribution is 8.00. The highest BCUT2D eigenvalue weighted by Crippen LogP contribution is 2.49. The lowest BCUT2D eigenvalue weighted by Crippen LogP contribution is -2.72. The Kier molecular flexibility index (Phi) is 10.5. The zero-order valence-corrected chi connectivity index (χ0v) is 35.7. The van der Waals surface area contributed by atoms with Crippen molar-refractivity contribution in [1.82, 2.24) is 25.1 Å². The number of phenolic OH excluding ortho intramolecular Hbond substituents is 2. The minimum atomic E-state index is -1.80. The molecule has 3 unspecified atom stereocenters. The monoisotopic (exact) mass is 899 g/mol. The summed E-state index contributed by atoms with van der Waals surface area (Å²) in [6.07, 6.45) is 5.34. The quantitative estimate of drug-likeness (QED) is 0.0427. The number of phenols is 2. The molecule has 9 rings (SSSR count). The molecule has 2 bridgehead atoms. The molecule has 22 heteroatoms. The molecule has 324 valence electrons. The van der Waals surface area contributed by atoms with E-state index in [1.165, 1.54) is 48.2 Å². The molecule has 61 heavy (non-hydrogen) atoms. The van der Waals surface area contributed by atoms with Crippen LogP contribution in [-0.2, 0) is 24.0 Å². The average Bonchev–Trinajstić information content (AvgIpc) is 3.98. The summed E-state index contributed by atoms with van der Waals surface area (Å²) in [6.45, 7) is 7.18. The molecule has 5 aliphatic heterocycles. The topological polar surface area (TPSA) is 276 Å². The first-order valence-corrected chi connectivity index (χ1v) is 21.8. The van der Waals surface area contributed by atoms with Gasteiger partial charge in [-0.3, -0.25) is 24.1 Å². The second kappa shape index (κ2) is 15.2. The molecule has 3 atom stereocenters. The number of amides is 3. The Balaban J connectivity index is 0.948. The first kappa shape index (κ1) is 42.3. The van der Waals surface area contributed by atoms with Gasteiger partial charge >= 0.3 is 11.9 Å². The largest absolute Gasteiger partial charge is 0.504 e. The fourth-order valence-electron chi connectivity index (χ4n) is 8.68. The Morgan fingerprint density at radius 3 is 2.39 bits per heavy atom. The number of carbonyl (C=O) groups is 5. The Morgan fingerprint density at radius 2 is 1.80 bits per heavy atom. The summed E-state index contributed by atoms with van der Waals surface area (Å²) in [5.74, 6) is -5.76. The van der Waals surface area contributed by atoms with Crippen molar-refractivity contribution in [3.8, 4) is 11.5 Å². The third-order valence-electron chi connectivity index (χ3n) is 12.7. The number of benzene rings is 1. The number of thioether (sulfide) groups is 1. The minimum absolute atomic E-state index is 0.00387. The van der Waals surface area contributed by atoms with Crippen molar-refractivity contribution in [3.05, 3.63) is 55.4 Å². The molecule has 0 radical (unpaired) electrons. The van der Waals surface area contributed by atoms with E-state index >= 15 is 0 Å². The van der Waals surface area contributed by atoms with Crippen LogP contribution in [0.5, 0.6) is 11.5 Å². The summed E-state index contributed by atoms with van der Waals surface area (Å²) >= 11 is 8.69. The van der Waals surface area contributed by atoms with Crippen LogP contribution in [0.4, 0.5) is 5.13 Å². The molecular weight excluding hydrogens is 856 g/mol. The molecule has 7 heterocycles. The number of fused-ring (bicyclic) bond motifs is 5. The third kappa shape index (κ3) is 7.44. The number of aromatic hydroxyl groups is 2. The van der Waals surface area contributed by atoms with Gasteiger partial charge in [0, 0.05) is 65.7 Å². The van der Waals surface area contributed by atoms with Gasteiger partial charge < -0.3 is 50.7 Å². The highest BCUT2D eigenvalue weighted by Gasteiger charge is 2.58. The van der Waals surface area contributed by atoms with Gasteiger partial charge in [-0.15, -0.1) is 23.1 Å². The van der Waals surface area contributed by atoms with Gasteiger partial charge in [0.15, 0.2) is 22.3 Å². The molecule has 19 nitrogen and oxygen atoms in total. The number of thiazole rings is 1. The third-order valence-corrected chi connectivity index (χ3v) is 15.1. The SMILES string of the molecule is CC1SC2C(NC(=O)C(=NOC(C)(C)C(=O)O)c3csc(N)n3)C(=O)N2C(C(=O)O)=C1C[N+]12CCC(CNC(=O)c3cn(C4CC4)c4cc(O)c(O)c(Cl)c4c3=O)(CC1)CC2. The number of carboxylic acid groups (broad SMARTS) is 2. The van der Waals surface area contributed by atoms with Gasteiger partial charge in [0.05, 0.1) is 35.6 Å². The lowest BCUT2D eigenvalue weighted by atomic mass is 9.70. The van der Waals surface area contributed by atoms with Crippen molar-refractivity contribution in [2.75, 3.05) is 38.5 Å². The number of hydrogen-bond acceptors (Lipinski definition) is 14. The molecule has 4 saturated heterocycles. The molecule has 1 saturated carbocycles. The predicted octanol–water partition coefficient (Wildman–Crippen LogP) is 2.58. The van der Waals surface area contributed by atoms with Crippen LogP contribution >= 0.6 is 34.7 Å². The molecule has 8 N–H and O–H groups in total. The van der Waals surface area contributed by atoms with Gasteiger partial charge in [-0.2, -0.15) is 0 Å². The molecular formula is C39H44ClN8O11S2+. The van der Waals surface area contributed by atoms with E-state index in [1.807, 2.05) is 6.92 Å². The maximum Gasteiger partial charge on any atom is 0.352 e. The standard InChI is InChI=1S/C39H43ClN8O11S2/c1-17-20(28(35(55)56)47-33(54)27(34(47)61-17)44-32(53)26(21-15-60-37(41)43-21)45-59-38(2,3)36(57)58)14-48-9-6-39(7-10-48,8-11-48)16-42-31(52)19-13-46(18-4-5-18)22-12-23(49)30(51)25(40)24(22)29(19)50/h12-13,15,17-18,27,34H,4-11,14,16H2,1-3H3,(H7-,41,42,43,44,45,49,50,51,52,53,55,56,57,58)/p+1. The second-order valence-corrected chi connectivity index (χ2v) is 19.7. The number of halogens is 1. The van der Waals surface area contributed by atoms with Gasteiger partial charge in [0.25, 0.3) is 17.7 Å².